The largest absolute Gasteiger partial charge is 0.494 e. The van der Waals surface area contributed by atoms with Gasteiger partial charge in [0.1, 0.15) is 17.4 Å². The van der Waals surface area contributed by atoms with E-state index in [1.54, 1.807) is 60.7 Å². The van der Waals surface area contributed by atoms with Crippen molar-refractivity contribution in [1.29, 1.82) is 0 Å². The lowest BCUT2D eigenvalue weighted by Crippen LogP contribution is -2.50. The molecule has 0 aromatic heterocycles. The highest BCUT2D eigenvalue weighted by Gasteiger charge is 2.54. The molecule has 0 saturated heterocycles. The van der Waals surface area contributed by atoms with E-state index in [-0.39, 0.29) is 36.9 Å². The SMILES string of the molecule is [N-]=[N+]=Nc1ccccc1C[C@@]1(C(=O)NCCc2cc(F)cc(F)c2)N=C(c2ccc(OCCCO)cc2)O[C@@H]1c1ccc(Cl)cc1Cl. The topological polar surface area (TPSA) is 129 Å². The molecule has 0 spiro atoms. The Morgan fingerprint density at radius 2 is 1.81 bits per heavy atom. The van der Waals surface area contributed by atoms with E-state index in [0.717, 1.165) is 6.07 Å². The number of halogens is 4. The summed E-state index contributed by atoms with van der Waals surface area (Å²) in [6.45, 7) is 0.358. The summed E-state index contributed by atoms with van der Waals surface area (Å²) in [5, 5.41) is 16.4. The molecule has 1 aliphatic heterocycles. The highest BCUT2D eigenvalue weighted by molar-refractivity contribution is 6.35. The molecule has 4 aromatic carbocycles. The van der Waals surface area contributed by atoms with Crippen LogP contribution in [-0.2, 0) is 22.4 Å². The van der Waals surface area contributed by atoms with Crippen LogP contribution < -0.4 is 10.1 Å². The number of benzene rings is 4. The molecule has 0 saturated carbocycles. The van der Waals surface area contributed by atoms with Gasteiger partial charge in [0.2, 0.25) is 5.90 Å². The molecular weight excluding hydrogens is 651 g/mol. The molecule has 2 N–H and O–H groups in total. The number of nitrogens with one attached hydrogen (secondary N) is 1. The van der Waals surface area contributed by atoms with E-state index in [9.17, 15) is 19.1 Å². The molecule has 0 radical (unpaired) electrons. The van der Waals surface area contributed by atoms with E-state index >= 15 is 0 Å². The summed E-state index contributed by atoms with van der Waals surface area (Å²) in [5.74, 6) is -1.29. The Morgan fingerprint density at radius 1 is 1.06 bits per heavy atom. The summed E-state index contributed by atoms with van der Waals surface area (Å²) in [5.41, 5.74) is 9.69. The van der Waals surface area contributed by atoms with Crippen molar-refractivity contribution in [3.63, 3.8) is 0 Å². The summed E-state index contributed by atoms with van der Waals surface area (Å²) in [6.07, 6.45) is -0.538. The number of carbonyl (C=O) groups is 1. The average molecular weight is 681 g/mol. The smallest absolute Gasteiger partial charge is 0.252 e. The van der Waals surface area contributed by atoms with Gasteiger partial charge in [-0.1, -0.05) is 58.6 Å². The minimum atomic E-state index is -1.70. The Labute approximate surface area is 279 Å². The minimum Gasteiger partial charge on any atom is -0.494 e. The molecule has 1 amide bonds. The van der Waals surface area contributed by atoms with Crippen molar-refractivity contribution in [2.45, 2.75) is 30.9 Å². The predicted octanol–water partition coefficient (Wildman–Crippen LogP) is 7.83. The van der Waals surface area contributed by atoms with Crippen LogP contribution in [0.15, 0.2) is 95.0 Å². The van der Waals surface area contributed by atoms with Crippen LogP contribution in [-0.4, -0.2) is 42.2 Å². The lowest BCUT2D eigenvalue weighted by atomic mass is 9.81. The average Bonchev–Trinajstić information content (AvgIpc) is 3.42. The Kier molecular flexibility index (Phi) is 11.0. The van der Waals surface area contributed by atoms with Crippen LogP contribution in [0.2, 0.25) is 10.0 Å². The van der Waals surface area contributed by atoms with Gasteiger partial charge in [-0.3, -0.25) is 4.79 Å². The second-order valence-electron chi connectivity index (χ2n) is 10.7. The number of ether oxygens (including phenoxy) is 2. The zero-order valence-electron chi connectivity index (χ0n) is 24.9. The minimum absolute atomic E-state index is 0.00343. The molecule has 4 aromatic rings. The van der Waals surface area contributed by atoms with E-state index in [0.29, 0.717) is 51.7 Å². The van der Waals surface area contributed by atoms with Gasteiger partial charge >= 0.3 is 0 Å². The fourth-order valence-electron chi connectivity index (χ4n) is 5.30. The van der Waals surface area contributed by atoms with E-state index in [1.165, 1.54) is 18.2 Å². The summed E-state index contributed by atoms with van der Waals surface area (Å²) < 4.78 is 39.8. The van der Waals surface area contributed by atoms with Crippen molar-refractivity contribution in [2.24, 2.45) is 10.1 Å². The van der Waals surface area contributed by atoms with Crippen LogP contribution in [0.3, 0.4) is 0 Å². The van der Waals surface area contributed by atoms with E-state index in [4.69, 9.17) is 42.8 Å². The fraction of sp³-hybridized carbons (Fsp3) is 0.235. The zero-order chi connectivity index (χ0) is 33.4. The van der Waals surface area contributed by atoms with Crippen molar-refractivity contribution < 1.29 is 28.2 Å². The third-order valence-corrected chi connectivity index (χ3v) is 8.06. The van der Waals surface area contributed by atoms with Crippen LogP contribution >= 0.6 is 23.2 Å². The van der Waals surface area contributed by atoms with Crippen LogP contribution in [0.4, 0.5) is 14.5 Å². The monoisotopic (exact) mass is 679 g/mol. The van der Waals surface area contributed by atoms with E-state index < -0.39 is 29.2 Å². The highest BCUT2D eigenvalue weighted by atomic mass is 35.5. The van der Waals surface area contributed by atoms with Gasteiger partial charge in [-0.15, -0.1) is 0 Å². The van der Waals surface area contributed by atoms with Crippen molar-refractivity contribution in [1.82, 2.24) is 5.32 Å². The van der Waals surface area contributed by atoms with E-state index in [2.05, 4.69) is 15.3 Å². The summed E-state index contributed by atoms with van der Waals surface area (Å²) in [6, 6.07) is 21.7. The van der Waals surface area contributed by atoms with Crippen LogP contribution in [0.5, 0.6) is 5.75 Å². The summed E-state index contributed by atoms with van der Waals surface area (Å²) in [4.78, 5) is 22.3. The second-order valence-corrected chi connectivity index (χ2v) is 11.6. The quantitative estimate of drug-likeness (QED) is 0.0646. The van der Waals surface area contributed by atoms with Gasteiger partial charge in [0.05, 0.1) is 6.61 Å². The molecule has 242 valence electrons. The van der Waals surface area contributed by atoms with Gasteiger partial charge in [0.25, 0.3) is 5.91 Å². The number of azide groups is 1. The molecule has 0 bridgehead atoms. The molecule has 2 atom stereocenters. The van der Waals surface area contributed by atoms with Crippen LogP contribution in [0, 0.1) is 11.6 Å². The van der Waals surface area contributed by atoms with Crippen LogP contribution in [0.1, 0.15) is 34.8 Å². The second kappa shape index (κ2) is 15.3. The number of aliphatic imine (C=N–C) groups is 1. The molecule has 0 fully saturated rings. The number of aliphatic hydroxyl groups excluding tert-OH is 1. The van der Waals surface area contributed by atoms with Gasteiger partial charge in [-0.2, -0.15) is 0 Å². The number of hydrogen-bond acceptors (Lipinski definition) is 6. The molecule has 1 aliphatic rings. The van der Waals surface area contributed by atoms with Gasteiger partial charge in [0, 0.05) is 63.8 Å². The Hall–Kier alpha value is -4.67. The van der Waals surface area contributed by atoms with Crippen LogP contribution in [0.25, 0.3) is 10.4 Å². The first-order valence-corrected chi connectivity index (χ1v) is 15.4. The molecule has 0 unspecified atom stereocenters. The molecule has 9 nitrogen and oxygen atoms in total. The van der Waals surface area contributed by atoms with Crippen molar-refractivity contribution in [3.05, 3.63) is 139 Å². The maximum absolute atomic E-state index is 14.4. The highest BCUT2D eigenvalue weighted by Crippen LogP contribution is 2.46. The number of nitrogens with zero attached hydrogens (tertiary/aromatic N) is 4. The molecular formula is C34H29Cl2F2N5O4. The molecule has 5 rings (SSSR count). The first kappa shape index (κ1) is 33.7. The van der Waals surface area contributed by atoms with Crippen molar-refractivity contribution in [2.75, 3.05) is 19.8 Å². The van der Waals surface area contributed by atoms with Gasteiger partial charge < -0.3 is 19.9 Å². The maximum atomic E-state index is 14.4. The summed E-state index contributed by atoms with van der Waals surface area (Å²) >= 11 is 12.9. The number of rotatable bonds is 13. The van der Waals surface area contributed by atoms with E-state index in [1.807, 2.05) is 0 Å². The third-order valence-electron chi connectivity index (χ3n) is 7.50. The first-order valence-electron chi connectivity index (χ1n) is 14.6. The molecule has 47 heavy (non-hydrogen) atoms. The van der Waals surface area contributed by atoms with Crippen molar-refractivity contribution in [3.8, 4) is 5.75 Å². The Morgan fingerprint density at radius 3 is 2.51 bits per heavy atom. The lowest BCUT2D eigenvalue weighted by Gasteiger charge is -2.31. The Bertz CT molecular complexity index is 1820. The molecule has 13 heteroatoms. The fourth-order valence-corrected chi connectivity index (χ4v) is 5.81. The predicted molar refractivity (Wildman–Crippen MR) is 175 cm³/mol. The van der Waals surface area contributed by atoms with Gasteiger partial charge in [-0.25, -0.2) is 13.8 Å². The number of carbonyl (C=O) groups excluding carboxylic acids is 1. The third kappa shape index (κ3) is 8.01. The summed E-state index contributed by atoms with van der Waals surface area (Å²) in [7, 11) is 0. The molecule has 1 heterocycles. The first-order chi connectivity index (χ1) is 22.7. The molecule has 0 aliphatic carbocycles. The zero-order valence-corrected chi connectivity index (χ0v) is 26.4. The Balaban J connectivity index is 1.58. The number of hydrogen-bond donors (Lipinski definition) is 2. The van der Waals surface area contributed by atoms with Gasteiger partial charge in [0.15, 0.2) is 11.6 Å². The normalized spacial score (nSPS) is 17.0. The number of aliphatic hydroxyl groups is 1. The number of amides is 1. The lowest BCUT2D eigenvalue weighted by molar-refractivity contribution is -0.128. The van der Waals surface area contributed by atoms with Gasteiger partial charge in [-0.05, 0) is 71.6 Å². The maximum Gasteiger partial charge on any atom is 0.252 e. The van der Waals surface area contributed by atoms with Crippen molar-refractivity contribution >= 4 is 40.7 Å². The standard InChI is InChI=1S/C34H29Cl2F2N5O4/c35-24-8-11-28(29(36)18-24)31-34(20-23-4-1-2-5-30(23)42-43-39,33(45)40-13-12-21-16-25(37)19-26(38)17-21)41-32(47-31)22-6-9-27(10-7-22)46-15-3-14-44/h1-2,4-11,16-19,31,44H,3,12-15,20H2,(H,40,45)/t31-,34-/m1/s1.